The van der Waals surface area contributed by atoms with E-state index in [1.54, 1.807) is 6.92 Å². The lowest BCUT2D eigenvalue weighted by Gasteiger charge is -2.60. The molecule has 6 heteroatoms. The Balaban J connectivity index is 1.58. The molecule has 3 aliphatic rings. The van der Waals surface area contributed by atoms with Gasteiger partial charge in [-0.1, -0.05) is 19.9 Å². The zero-order valence-corrected chi connectivity index (χ0v) is 17.2. The first-order chi connectivity index (χ1) is 13.6. The van der Waals surface area contributed by atoms with Gasteiger partial charge in [0, 0.05) is 18.6 Å². The molecule has 6 nitrogen and oxygen atoms in total. The molecule has 3 aliphatic carbocycles. The minimum absolute atomic E-state index is 0.0571. The molecule has 0 spiro atoms. The second-order valence-corrected chi connectivity index (χ2v) is 9.84. The summed E-state index contributed by atoms with van der Waals surface area (Å²) in [5, 5.41) is 39.5. The minimum Gasteiger partial charge on any atom is -0.508 e. The Morgan fingerprint density at radius 1 is 1.17 bits per heavy atom. The number of hydrogen-bond acceptors (Lipinski definition) is 6. The van der Waals surface area contributed by atoms with E-state index < -0.39 is 5.97 Å². The average molecular weight is 402 g/mol. The Bertz CT molecular complexity index is 853. The molecule has 1 aromatic rings. The van der Waals surface area contributed by atoms with Gasteiger partial charge in [-0.15, -0.1) is 0 Å². The third-order valence-electron chi connectivity index (χ3n) is 7.68. The van der Waals surface area contributed by atoms with Gasteiger partial charge in [0.2, 0.25) is 0 Å². The van der Waals surface area contributed by atoms with Crippen LogP contribution < -0.4 is 0 Å². The number of ether oxygens (including phenoxy) is 1. The summed E-state index contributed by atoms with van der Waals surface area (Å²) in [5.74, 6) is -0.360. The lowest BCUT2D eigenvalue weighted by Crippen LogP contribution is -2.59. The number of carbonyl (C=O) groups is 1. The fourth-order valence-corrected chi connectivity index (χ4v) is 6.34. The molecule has 0 saturated heterocycles. The number of allylic oxidation sites excluding steroid dienone is 1. The summed E-state index contributed by atoms with van der Waals surface area (Å²) in [5.41, 5.74) is 1.23. The third-order valence-corrected chi connectivity index (χ3v) is 7.68. The van der Waals surface area contributed by atoms with Crippen LogP contribution in [0.4, 0.5) is 0 Å². The molecule has 2 fully saturated rings. The van der Waals surface area contributed by atoms with Crippen molar-refractivity contribution in [3.8, 4) is 11.5 Å². The Morgan fingerprint density at radius 3 is 2.52 bits per heavy atom. The molecule has 158 valence electrons. The van der Waals surface area contributed by atoms with Crippen molar-refractivity contribution < 1.29 is 30.0 Å². The van der Waals surface area contributed by atoms with E-state index in [0.29, 0.717) is 23.8 Å². The van der Waals surface area contributed by atoms with Gasteiger partial charge in [0.05, 0.1) is 6.61 Å². The quantitative estimate of drug-likeness (QED) is 0.456. The molecular weight excluding hydrogens is 372 g/mol. The molecular formula is C23H30O6. The maximum atomic E-state index is 12.8. The van der Waals surface area contributed by atoms with E-state index in [-0.39, 0.29) is 53.1 Å². The smallest absolute Gasteiger partial charge is 0.342 e. The molecule has 4 rings (SSSR count). The second kappa shape index (κ2) is 6.74. The average Bonchev–Trinajstić information content (AvgIpc) is 2.97. The van der Waals surface area contributed by atoms with E-state index in [9.17, 15) is 25.2 Å². The molecule has 29 heavy (non-hydrogen) atoms. The Labute approximate surface area is 170 Å². The zero-order valence-electron chi connectivity index (χ0n) is 17.2. The molecule has 2 saturated carbocycles. The highest BCUT2D eigenvalue weighted by molar-refractivity contribution is 5.94. The SMILES string of the molecule is Cc1cc(O)cc(O)c1C(=O)OC1CC2(C)C3CC(C)(CO)CC3C=C(CO)C12. The molecule has 0 radical (unpaired) electrons. The molecule has 0 aliphatic heterocycles. The Kier molecular flexibility index (Phi) is 4.70. The van der Waals surface area contributed by atoms with Crippen LogP contribution in [0.1, 0.15) is 49.0 Å². The molecule has 4 N–H and O–H groups in total. The number of fused-ring (bicyclic) bond motifs is 3. The van der Waals surface area contributed by atoms with Gasteiger partial charge in [-0.25, -0.2) is 4.79 Å². The highest BCUT2D eigenvalue weighted by Crippen LogP contribution is 2.66. The van der Waals surface area contributed by atoms with Crippen molar-refractivity contribution in [1.29, 1.82) is 0 Å². The van der Waals surface area contributed by atoms with Crippen LogP contribution in [0.5, 0.6) is 11.5 Å². The first kappa shape index (κ1) is 20.2. The normalized spacial score (nSPS) is 37.9. The number of benzene rings is 1. The van der Waals surface area contributed by atoms with Crippen LogP contribution in [0, 0.1) is 35.5 Å². The summed E-state index contributed by atoms with van der Waals surface area (Å²) in [4.78, 5) is 12.8. The Morgan fingerprint density at radius 2 is 1.90 bits per heavy atom. The summed E-state index contributed by atoms with van der Waals surface area (Å²) >= 11 is 0. The molecule has 0 heterocycles. The monoisotopic (exact) mass is 402 g/mol. The van der Waals surface area contributed by atoms with Crippen LogP contribution in [0.25, 0.3) is 0 Å². The van der Waals surface area contributed by atoms with Crippen molar-refractivity contribution in [3.63, 3.8) is 0 Å². The molecule has 1 aromatic carbocycles. The number of carbonyl (C=O) groups excluding carboxylic acids is 1. The van der Waals surface area contributed by atoms with E-state index in [1.807, 2.05) is 0 Å². The number of phenols is 2. The van der Waals surface area contributed by atoms with Crippen LogP contribution in [0.3, 0.4) is 0 Å². The highest BCUT2D eigenvalue weighted by atomic mass is 16.5. The van der Waals surface area contributed by atoms with E-state index >= 15 is 0 Å². The van der Waals surface area contributed by atoms with E-state index in [4.69, 9.17) is 4.74 Å². The van der Waals surface area contributed by atoms with Crippen LogP contribution in [0.2, 0.25) is 0 Å². The number of aliphatic hydroxyl groups is 2. The predicted octanol–water partition coefficient (Wildman–Crippen LogP) is 2.91. The number of esters is 1. The van der Waals surface area contributed by atoms with Gasteiger partial charge in [0.15, 0.2) is 0 Å². The first-order valence-corrected chi connectivity index (χ1v) is 10.3. The van der Waals surface area contributed by atoms with Gasteiger partial charge in [-0.2, -0.15) is 0 Å². The number of hydrogen-bond donors (Lipinski definition) is 4. The topological polar surface area (TPSA) is 107 Å². The van der Waals surface area contributed by atoms with Gasteiger partial charge >= 0.3 is 5.97 Å². The molecule has 0 amide bonds. The van der Waals surface area contributed by atoms with Crippen LogP contribution >= 0.6 is 0 Å². The van der Waals surface area contributed by atoms with Gasteiger partial charge in [0.1, 0.15) is 23.2 Å². The van der Waals surface area contributed by atoms with Crippen molar-refractivity contribution >= 4 is 5.97 Å². The van der Waals surface area contributed by atoms with E-state index in [2.05, 4.69) is 19.9 Å². The van der Waals surface area contributed by atoms with Gasteiger partial charge in [-0.05, 0) is 66.1 Å². The standard InChI is InChI=1S/C23H30O6/c1-12-4-15(26)6-17(27)19(12)21(28)29-18-9-23(3)16-8-22(2,11-25)7-13(16)5-14(10-24)20(18)23/h4-6,13,16,18,20,24-27H,7-11H2,1-3H3. The first-order valence-electron chi connectivity index (χ1n) is 10.3. The van der Waals surface area contributed by atoms with Crippen LogP contribution in [0.15, 0.2) is 23.8 Å². The third kappa shape index (κ3) is 3.04. The van der Waals surface area contributed by atoms with E-state index in [1.165, 1.54) is 6.07 Å². The minimum atomic E-state index is -0.613. The molecule has 6 atom stereocenters. The highest BCUT2D eigenvalue weighted by Gasteiger charge is 2.63. The van der Waals surface area contributed by atoms with Gasteiger partial charge < -0.3 is 25.2 Å². The van der Waals surface area contributed by atoms with Crippen LogP contribution in [-0.4, -0.2) is 45.7 Å². The van der Waals surface area contributed by atoms with Crippen molar-refractivity contribution in [2.24, 2.45) is 28.6 Å². The lowest BCUT2D eigenvalue weighted by molar-refractivity contribution is -0.134. The van der Waals surface area contributed by atoms with Crippen molar-refractivity contribution in [2.75, 3.05) is 13.2 Å². The summed E-state index contributed by atoms with van der Waals surface area (Å²) in [7, 11) is 0. The van der Waals surface area contributed by atoms with Gasteiger partial charge in [0.25, 0.3) is 0 Å². The van der Waals surface area contributed by atoms with Crippen molar-refractivity contribution in [1.82, 2.24) is 0 Å². The zero-order chi connectivity index (χ0) is 21.1. The maximum absolute atomic E-state index is 12.8. The predicted molar refractivity (Wildman–Crippen MR) is 107 cm³/mol. The lowest BCUT2D eigenvalue weighted by atomic mass is 9.47. The fraction of sp³-hybridized carbons (Fsp3) is 0.609. The largest absolute Gasteiger partial charge is 0.508 e. The maximum Gasteiger partial charge on any atom is 0.342 e. The summed E-state index contributed by atoms with van der Waals surface area (Å²) in [6.07, 6.45) is 4.31. The summed E-state index contributed by atoms with van der Waals surface area (Å²) in [6, 6.07) is 2.55. The fourth-order valence-electron chi connectivity index (χ4n) is 6.34. The Hall–Kier alpha value is -2.05. The summed E-state index contributed by atoms with van der Waals surface area (Å²) in [6.45, 7) is 6.04. The molecule has 0 bridgehead atoms. The molecule has 6 unspecified atom stereocenters. The van der Waals surface area contributed by atoms with Crippen LogP contribution in [-0.2, 0) is 4.74 Å². The van der Waals surface area contributed by atoms with Gasteiger partial charge in [-0.3, -0.25) is 0 Å². The number of phenolic OH excluding ortho intramolecular Hbond substituents is 2. The number of aryl methyl sites for hydroxylation is 1. The number of aliphatic hydroxyl groups excluding tert-OH is 2. The van der Waals surface area contributed by atoms with Crippen molar-refractivity contribution in [2.45, 2.75) is 46.1 Å². The van der Waals surface area contributed by atoms with Crippen molar-refractivity contribution in [3.05, 3.63) is 34.9 Å². The number of rotatable bonds is 4. The summed E-state index contributed by atoms with van der Waals surface area (Å²) < 4.78 is 5.79. The number of aromatic hydroxyl groups is 2. The van der Waals surface area contributed by atoms with E-state index in [0.717, 1.165) is 24.5 Å². The second-order valence-electron chi connectivity index (χ2n) is 9.84. The molecule has 0 aromatic heterocycles.